The zero-order chi connectivity index (χ0) is 14.9. The summed E-state index contributed by atoms with van der Waals surface area (Å²) in [5.74, 6) is -0.658. The first kappa shape index (κ1) is 15.0. The summed E-state index contributed by atoms with van der Waals surface area (Å²) < 4.78 is 38.3. The number of nitrogen functional groups attached to an aromatic ring is 1. The van der Waals surface area contributed by atoms with E-state index in [1.165, 1.54) is 18.2 Å². The van der Waals surface area contributed by atoms with Crippen LogP contribution in [-0.2, 0) is 15.6 Å². The third kappa shape index (κ3) is 3.19. The van der Waals surface area contributed by atoms with Gasteiger partial charge in [0.05, 0.1) is 16.3 Å². The maximum absolute atomic E-state index is 13.0. The van der Waals surface area contributed by atoms with Crippen LogP contribution in [0.5, 0.6) is 0 Å². The molecule has 2 N–H and O–H groups in total. The predicted molar refractivity (Wildman–Crippen MR) is 80.6 cm³/mol. The second-order valence-electron chi connectivity index (χ2n) is 4.54. The fraction of sp³-hybridized carbons (Fsp3) is 0.143. The van der Waals surface area contributed by atoms with Crippen molar-refractivity contribution in [2.75, 3.05) is 5.73 Å². The van der Waals surface area contributed by atoms with Crippen LogP contribution in [0.4, 0.5) is 10.1 Å². The van der Waals surface area contributed by atoms with Crippen molar-refractivity contribution in [1.29, 1.82) is 0 Å². The molecule has 2 aromatic rings. The van der Waals surface area contributed by atoms with Gasteiger partial charge >= 0.3 is 0 Å². The van der Waals surface area contributed by atoms with E-state index >= 15 is 0 Å². The number of aryl methyl sites for hydroxylation is 1. The van der Waals surface area contributed by atoms with Gasteiger partial charge in [0.1, 0.15) is 5.82 Å². The predicted octanol–water partition coefficient (Wildman–Crippen LogP) is 3.45. The Hall–Kier alpha value is -1.40. The fourth-order valence-electron chi connectivity index (χ4n) is 1.83. The summed E-state index contributed by atoms with van der Waals surface area (Å²) in [5.41, 5.74) is 7.27. The summed E-state index contributed by atoms with van der Waals surface area (Å²) in [6, 6.07) is 8.79. The van der Waals surface area contributed by atoms with E-state index in [-0.39, 0.29) is 16.3 Å². The molecule has 106 valence electrons. The molecule has 20 heavy (non-hydrogen) atoms. The van der Waals surface area contributed by atoms with Gasteiger partial charge in [-0.25, -0.2) is 12.8 Å². The van der Waals surface area contributed by atoms with E-state index in [9.17, 15) is 12.8 Å². The third-order valence-corrected chi connectivity index (χ3v) is 5.32. The smallest absolute Gasteiger partial charge is 0.184 e. The van der Waals surface area contributed by atoms with Crippen LogP contribution in [0.15, 0.2) is 45.8 Å². The van der Waals surface area contributed by atoms with Crippen molar-refractivity contribution in [3.05, 3.63) is 57.8 Å². The molecule has 0 aliphatic rings. The SMILES string of the molecule is Cc1ccc(N)c(S(=O)(=O)Cc2ccc(F)cc2Br)c1. The average Bonchev–Trinajstić information content (AvgIpc) is 2.35. The number of anilines is 1. The summed E-state index contributed by atoms with van der Waals surface area (Å²) in [7, 11) is -3.58. The number of hydrogen-bond acceptors (Lipinski definition) is 3. The Balaban J connectivity index is 2.43. The number of rotatable bonds is 3. The van der Waals surface area contributed by atoms with Crippen molar-refractivity contribution in [3.8, 4) is 0 Å². The van der Waals surface area contributed by atoms with Gasteiger partial charge in [0.25, 0.3) is 0 Å². The van der Waals surface area contributed by atoms with Crippen LogP contribution in [0.25, 0.3) is 0 Å². The maximum atomic E-state index is 13.0. The Labute approximate surface area is 125 Å². The number of sulfone groups is 1. The van der Waals surface area contributed by atoms with E-state index in [4.69, 9.17) is 5.73 Å². The summed E-state index contributed by atoms with van der Waals surface area (Å²) in [4.78, 5) is 0.105. The molecule has 0 saturated carbocycles. The number of halogens is 2. The maximum Gasteiger partial charge on any atom is 0.184 e. The Morgan fingerprint density at radius 3 is 2.55 bits per heavy atom. The molecule has 0 aromatic heterocycles. The zero-order valence-electron chi connectivity index (χ0n) is 10.7. The molecular weight excluding hydrogens is 345 g/mol. The van der Waals surface area contributed by atoms with Crippen molar-refractivity contribution in [3.63, 3.8) is 0 Å². The highest BCUT2D eigenvalue weighted by atomic mass is 79.9. The van der Waals surface area contributed by atoms with Gasteiger partial charge in [-0.05, 0) is 42.3 Å². The highest BCUT2D eigenvalue weighted by Gasteiger charge is 2.20. The minimum atomic E-state index is -3.58. The summed E-state index contributed by atoms with van der Waals surface area (Å²) in [6.07, 6.45) is 0. The molecule has 0 fully saturated rings. The molecule has 2 aromatic carbocycles. The normalized spacial score (nSPS) is 11.6. The van der Waals surface area contributed by atoms with Crippen LogP contribution < -0.4 is 5.73 Å². The third-order valence-electron chi connectivity index (χ3n) is 2.86. The van der Waals surface area contributed by atoms with Crippen molar-refractivity contribution < 1.29 is 12.8 Å². The Bertz CT molecular complexity index is 760. The van der Waals surface area contributed by atoms with E-state index in [2.05, 4.69) is 15.9 Å². The van der Waals surface area contributed by atoms with Crippen LogP contribution in [0.1, 0.15) is 11.1 Å². The quantitative estimate of drug-likeness (QED) is 0.855. The largest absolute Gasteiger partial charge is 0.398 e. The van der Waals surface area contributed by atoms with E-state index in [0.29, 0.717) is 10.0 Å². The number of benzene rings is 2. The Morgan fingerprint density at radius 2 is 1.90 bits per heavy atom. The molecule has 0 aliphatic carbocycles. The van der Waals surface area contributed by atoms with Crippen molar-refractivity contribution >= 4 is 31.5 Å². The monoisotopic (exact) mass is 357 g/mol. The van der Waals surface area contributed by atoms with Gasteiger partial charge in [0, 0.05) is 4.47 Å². The van der Waals surface area contributed by atoms with Gasteiger partial charge in [-0.3, -0.25) is 0 Å². The van der Waals surface area contributed by atoms with Crippen LogP contribution in [0.2, 0.25) is 0 Å². The molecule has 0 heterocycles. The molecular formula is C14H13BrFNO2S. The Kier molecular flexibility index (Phi) is 4.15. The second-order valence-corrected chi connectivity index (χ2v) is 7.35. The van der Waals surface area contributed by atoms with E-state index in [0.717, 1.165) is 5.56 Å². The molecule has 0 unspecified atom stereocenters. The molecule has 3 nitrogen and oxygen atoms in total. The average molecular weight is 358 g/mol. The Morgan fingerprint density at radius 1 is 1.20 bits per heavy atom. The highest BCUT2D eigenvalue weighted by Crippen LogP contribution is 2.27. The van der Waals surface area contributed by atoms with Gasteiger partial charge in [0.2, 0.25) is 0 Å². The summed E-state index contributed by atoms with van der Waals surface area (Å²) in [5, 5.41) is 0. The van der Waals surface area contributed by atoms with Crippen molar-refractivity contribution in [2.45, 2.75) is 17.6 Å². The number of nitrogens with two attached hydrogens (primary N) is 1. The molecule has 2 rings (SSSR count). The van der Waals surface area contributed by atoms with Crippen molar-refractivity contribution in [2.24, 2.45) is 0 Å². The molecule has 0 aliphatic heterocycles. The molecule has 0 atom stereocenters. The zero-order valence-corrected chi connectivity index (χ0v) is 13.1. The minimum absolute atomic E-state index is 0.105. The first-order chi connectivity index (χ1) is 9.29. The van der Waals surface area contributed by atoms with Gasteiger partial charge in [0.15, 0.2) is 9.84 Å². The standard InChI is InChI=1S/C14H13BrFNO2S/c1-9-2-5-13(17)14(6-9)20(18,19)8-10-3-4-11(16)7-12(10)15/h2-7H,8,17H2,1H3. The lowest BCUT2D eigenvalue weighted by Gasteiger charge is -2.10. The van der Waals surface area contributed by atoms with Crippen LogP contribution in [-0.4, -0.2) is 8.42 Å². The van der Waals surface area contributed by atoms with Gasteiger partial charge in [-0.2, -0.15) is 0 Å². The molecule has 0 spiro atoms. The second kappa shape index (κ2) is 5.54. The molecule has 0 amide bonds. The molecule has 0 bridgehead atoms. The van der Waals surface area contributed by atoms with Crippen molar-refractivity contribution in [1.82, 2.24) is 0 Å². The lowest BCUT2D eigenvalue weighted by atomic mass is 10.2. The summed E-state index contributed by atoms with van der Waals surface area (Å²) >= 11 is 3.17. The van der Waals surface area contributed by atoms with E-state index in [1.54, 1.807) is 25.1 Å². The lowest BCUT2D eigenvalue weighted by molar-refractivity contribution is 0.595. The first-order valence-electron chi connectivity index (χ1n) is 5.82. The number of hydrogen-bond donors (Lipinski definition) is 1. The van der Waals surface area contributed by atoms with Crippen LogP contribution in [0.3, 0.4) is 0 Å². The van der Waals surface area contributed by atoms with Gasteiger partial charge in [-0.1, -0.05) is 28.1 Å². The van der Waals surface area contributed by atoms with Crippen LogP contribution >= 0.6 is 15.9 Å². The minimum Gasteiger partial charge on any atom is -0.398 e. The molecule has 0 saturated heterocycles. The highest BCUT2D eigenvalue weighted by molar-refractivity contribution is 9.10. The van der Waals surface area contributed by atoms with Crippen LogP contribution in [0, 0.1) is 12.7 Å². The first-order valence-corrected chi connectivity index (χ1v) is 8.27. The van der Waals surface area contributed by atoms with Gasteiger partial charge < -0.3 is 5.73 Å². The molecule has 0 radical (unpaired) electrons. The van der Waals surface area contributed by atoms with E-state index in [1.807, 2.05) is 0 Å². The van der Waals surface area contributed by atoms with E-state index < -0.39 is 15.7 Å². The van der Waals surface area contributed by atoms with Gasteiger partial charge in [-0.15, -0.1) is 0 Å². The fourth-order valence-corrected chi connectivity index (χ4v) is 4.12. The molecule has 6 heteroatoms. The lowest BCUT2D eigenvalue weighted by Crippen LogP contribution is -2.08. The topological polar surface area (TPSA) is 60.2 Å². The summed E-state index contributed by atoms with van der Waals surface area (Å²) in [6.45, 7) is 1.80.